The number of carbonyl (C=O) groups excluding carboxylic acids is 2. The summed E-state index contributed by atoms with van der Waals surface area (Å²) in [7, 11) is 0. The summed E-state index contributed by atoms with van der Waals surface area (Å²) in [5.74, 6) is -0.905. The molecule has 0 bridgehead atoms. The number of ether oxygens (including phenoxy) is 1. The van der Waals surface area contributed by atoms with Crippen molar-refractivity contribution in [3.05, 3.63) is 71.8 Å². The van der Waals surface area contributed by atoms with Crippen LogP contribution in [-0.2, 0) is 14.3 Å². The lowest BCUT2D eigenvalue weighted by atomic mass is 9.77. The molecule has 2 atom stereocenters. The molecule has 35 heavy (non-hydrogen) atoms. The average Bonchev–Trinajstić information content (AvgIpc) is 3.15. The Hall–Kier alpha value is -3.61. The van der Waals surface area contributed by atoms with Gasteiger partial charge in [0.05, 0.1) is 6.04 Å². The predicted molar refractivity (Wildman–Crippen MR) is 131 cm³/mol. The highest BCUT2D eigenvalue weighted by Crippen LogP contribution is 2.44. The van der Waals surface area contributed by atoms with E-state index in [1.807, 2.05) is 36.4 Å². The van der Waals surface area contributed by atoms with E-state index < -0.39 is 12.1 Å². The van der Waals surface area contributed by atoms with E-state index in [0.29, 0.717) is 25.7 Å². The topological polar surface area (TPSA) is 105 Å². The molecule has 7 nitrogen and oxygen atoms in total. The van der Waals surface area contributed by atoms with Crippen LogP contribution in [0.2, 0.25) is 0 Å². The van der Waals surface area contributed by atoms with Crippen molar-refractivity contribution < 1.29 is 24.2 Å². The Morgan fingerprint density at radius 3 is 2.23 bits per heavy atom. The molecule has 0 aromatic heterocycles. The van der Waals surface area contributed by atoms with Crippen molar-refractivity contribution >= 4 is 18.0 Å². The first kappa shape index (κ1) is 23.1. The number of rotatable bonds is 7. The molecular weight excluding hydrogens is 444 g/mol. The molecule has 2 aromatic rings. The molecule has 0 aliphatic heterocycles. The van der Waals surface area contributed by atoms with Crippen LogP contribution in [0.3, 0.4) is 0 Å². The number of aliphatic carboxylic acids is 1. The number of amides is 2. The molecule has 0 spiro atoms. The highest BCUT2D eigenvalue weighted by atomic mass is 16.5. The molecule has 0 heterocycles. The molecule has 2 amide bonds. The van der Waals surface area contributed by atoms with Gasteiger partial charge in [-0.25, -0.2) is 4.79 Å². The third-order valence-corrected chi connectivity index (χ3v) is 7.39. The van der Waals surface area contributed by atoms with E-state index >= 15 is 0 Å². The number of hydrogen-bond acceptors (Lipinski definition) is 4. The van der Waals surface area contributed by atoms with Gasteiger partial charge in [0, 0.05) is 24.3 Å². The van der Waals surface area contributed by atoms with E-state index in [9.17, 15) is 14.4 Å². The van der Waals surface area contributed by atoms with Crippen LogP contribution < -0.4 is 10.6 Å². The first-order chi connectivity index (χ1) is 17.0. The highest BCUT2D eigenvalue weighted by molar-refractivity contribution is 5.80. The Bertz CT molecular complexity index is 1110. The van der Waals surface area contributed by atoms with Crippen molar-refractivity contribution in [3.63, 3.8) is 0 Å². The molecule has 1 saturated carbocycles. The maximum absolute atomic E-state index is 12.7. The van der Waals surface area contributed by atoms with Crippen molar-refractivity contribution in [2.45, 2.75) is 50.1 Å². The summed E-state index contributed by atoms with van der Waals surface area (Å²) in [4.78, 5) is 36.1. The number of fused-ring (bicyclic) bond motifs is 3. The lowest BCUT2D eigenvalue weighted by molar-refractivity contribution is -0.139. The standard InChI is InChI=1S/C28H30N2O5/c31-26(32)14-17-12-20(13-17)29-27(33)18-6-5-7-19(15-18)30-28(34)35-16-25-23-10-3-1-8-21(23)22-9-2-4-11-24(22)25/h1-5,7-11,17-20,25H,6,12-16H2,(H,29,33)(H,30,34)(H,31,32)/t17?,18-,19-,20?/m1/s1. The molecule has 2 aromatic carbocycles. The second kappa shape index (κ2) is 9.94. The van der Waals surface area contributed by atoms with Gasteiger partial charge in [-0.1, -0.05) is 60.7 Å². The Balaban J connectivity index is 1.11. The summed E-state index contributed by atoms with van der Waals surface area (Å²) in [5, 5.41) is 14.8. The summed E-state index contributed by atoms with van der Waals surface area (Å²) in [6.07, 6.45) is 6.07. The summed E-state index contributed by atoms with van der Waals surface area (Å²) < 4.78 is 5.64. The van der Waals surface area contributed by atoms with Gasteiger partial charge in [0.1, 0.15) is 6.61 Å². The Kier molecular flexibility index (Phi) is 6.57. The van der Waals surface area contributed by atoms with E-state index in [4.69, 9.17) is 9.84 Å². The minimum Gasteiger partial charge on any atom is -0.481 e. The molecule has 0 radical (unpaired) electrons. The van der Waals surface area contributed by atoms with Crippen molar-refractivity contribution in [2.75, 3.05) is 6.61 Å². The van der Waals surface area contributed by atoms with Gasteiger partial charge in [0.2, 0.25) is 5.91 Å². The number of nitrogens with one attached hydrogen (secondary N) is 2. The minimum atomic E-state index is -0.792. The third kappa shape index (κ3) is 5.09. The van der Waals surface area contributed by atoms with E-state index in [2.05, 4.69) is 34.9 Å². The summed E-state index contributed by atoms with van der Waals surface area (Å²) in [5.41, 5.74) is 4.69. The van der Waals surface area contributed by atoms with Crippen LogP contribution in [0.4, 0.5) is 4.79 Å². The van der Waals surface area contributed by atoms with Crippen LogP contribution in [0.15, 0.2) is 60.7 Å². The second-order valence-corrected chi connectivity index (χ2v) is 9.81. The largest absolute Gasteiger partial charge is 0.481 e. The van der Waals surface area contributed by atoms with Crippen LogP contribution in [0.1, 0.15) is 49.1 Å². The van der Waals surface area contributed by atoms with Gasteiger partial charge in [-0.15, -0.1) is 0 Å². The summed E-state index contributed by atoms with van der Waals surface area (Å²) >= 11 is 0. The molecule has 5 rings (SSSR count). The first-order valence-electron chi connectivity index (χ1n) is 12.3. The molecule has 182 valence electrons. The van der Waals surface area contributed by atoms with Gasteiger partial charge in [0.15, 0.2) is 0 Å². The minimum absolute atomic E-state index is 0.000930. The molecule has 1 fully saturated rings. The van der Waals surface area contributed by atoms with Gasteiger partial charge in [0.25, 0.3) is 0 Å². The van der Waals surface area contributed by atoms with E-state index in [0.717, 1.165) is 11.1 Å². The lowest BCUT2D eigenvalue weighted by Crippen LogP contribution is -2.48. The number of allylic oxidation sites excluding steroid dienone is 1. The zero-order valence-electron chi connectivity index (χ0n) is 19.5. The third-order valence-electron chi connectivity index (χ3n) is 7.39. The molecule has 0 unspecified atom stereocenters. The zero-order chi connectivity index (χ0) is 24.4. The maximum atomic E-state index is 12.7. The Morgan fingerprint density at radius 1 is 0.914 bits per heavy atom. The molecule has 3 N–H and O–H groups in total. The fourth-order valence-electron chi connectivity index (χ4n) is 5.59. The molecular formula is C28H30N2O5. The number of alkyl carbamates (subject to hydrolysis) is 1. The van der Waals surface area contributed by atoms with Crippen LogP contribution in [-0.4, -0.2) is 41.8 Å². The zero-order valence-corrected chi connectivity index (χ0v) is 19.5. The fourth-order valence-corrected chi connectivity index (χ4v) is 5.59. The highest BCUT2D eigenvalue weighted by Gasteiger charge is 2.34. The van der Waals surface area contributed by atoms with Crippen LogP contribution in [0.5, 0.6) is 0 Å². The number of carbonyl (C=O) groups is 3. The smallest absolute Gasteiger partial charge is 0.407 e. The number of benzene rings is 2. The summed E-state index contributed by atoms with van der Waals surface area (Å²) in [6.45, 7) is 0.249. The number of carboxylic acids is 1. The van der Waals surface area contributed by atoms with Gasteiger partial charge < -0.3 is 20.5 Å². The first-order valence-corrected chi connectivity index (χ1v) is 12.3. The lowest BCUT2D eigenvalue weighted by Gasteiger charge is -2.36. The van der Waals surface area contributed by atoms with Crippen LogP contribution >= 0.6 is 0 Å². The number of hydrogen-bond donors (Lipinski definition) is 3. The van der Waals surface area contributed by atoms with E-state index in [-0.39, 0.29) is 48.8 Å². The van der Waals surface area contributed by atoms with Gasteiger partial charge >= 0.3 is 12.1 Å². The van der Waals surface area contributed by atoms with Gasteiger partial charge in [-0.05, 0) is 53.9 Å². The van der Waals surface area contributed by atoms with Gasteiger partial charge in [-0.2, -0.15) is 0 Å². The number of carboxylic acid groups (broad SMARTS) is 1. The van der Waals surface area contributed by atoms with E-state index in [1.54, 1.807) is 0 Å². The van der Waals surface area contributed by atoms with Crippen molar-refractivity contribution in [2.24, 2.45) is 11.8 Å². The predicted octanol–water partition coefficient (Wildman–Crippen LogP) is 4.23. The quantitative estimate of drug-likeness (QED) is 0.521. The Labute approximate surface area is 204 Å². The van der Waals surface area contributed by atoms with Crippen LogP contribution in [0.25, 0.3) is 11.1 Å². The fraction of sp³-hybridized carbons (Fsp3) is 0.393. The van der Waals surface area contributed by atoms with Crippen LogP contribution in [0, 0.1) is 11.8 Å². The monoisotopic (exact) mass is 474 g/mol. The van der Waals surface area contributed by atoms with Crippen molar-refractivity contribution in [1.82, 2.24) is 10.6 Å². The summed E-state index contributed by atoms with van der Waals surface area (Å²) in [6, 6.07) is 16.2. The normalized spacial score (nSPS) is 24.6. The molecule has 7 heteroatoms. The van der Waals surface area contributed by atoms with E-state index in [1.165, 1.54) is 11.1 Å². The second-order valence-electron chi connectivity index (χ2n) is 9.81. The molecule has 3 aliphatic rings. The SMILES string of the molecule is O=C(O)CC1CC(NC(=O)[C@@H]2CC=C[C@@H](NC(=O)OCC3c4ccccc4-c4ccccc43)C2)C1. The molecule has 3 aliphatic carbocycles. The van der Waals surface area contributed by atoms with Gasteiger partial charge in [-0.3, -0.25) is 9.59 Å². The molecule has 0 saturated heterocycles. The van der Waals surface area contributed by atoms with Crippen molar-refractivity contribution in [1.29, 1.82) is 0 Å². The maximum Gasteiger partial charge on any atom is 0.407 e. The Morgan fingerprint density at radius 2 is 1.57 bits per heavy atom. The van der Waals surface area contributed by atoms with Crippen molar-refractivity contribution in [3.8, 4) is 11.1 Å². The average molecular weight is 475 g/mol.